The largest absolute Gasteiger partial charge is 0.336 e. The quantitative estimate of drug-likeness (QED) is 0.283. The van der Waals surface area contributed by atoms with Gasteiger partial charge in [0.25, 0.3) is 5.91 Å². The summed E-state index contributed by atoms with van der Waals surface area (Å²) < 4.78 is 2.19. The zero-order chi connectivity index (χ0) is 25.8. The van der Waals surface area contributed by atoms with Gasteiger partial charge in [-0.15, -0.1) is 0 Å². The SMILES string of the molecule is Cc1cccc(-n2c(-c3ccc(Cl)cc3)cc(C(=O)N3CCN(C/C=C/c4ccccc4)CC3)c2C)c1. The molecule has 5 rings (SSSR count). The van der Waals surface area contributed by atoms with Crippen LogP contribution in [0.3, 0.4) is 0 Å². The fourth-order valence-corrected chi connectivity index (χ4v) is 5.09. The van der Waals surface area contributed by atoms with Crippen molar-refractivity contribution in [1.29, 1.82) is 0 Å². The normalized spacial score (nSPS) is 14.4. The van der Waals surface area contributed by atoms with Crippen LogP contribution in [0.2, 0.25) is 5.02 Å². The maximum Gasteiger partial charge on any atom is 0.255 e. The second-order valence-corrected chi connectivity index (χ2v) is 10.1. The summed E-state index contributed by atoms with van der Waals surface area (Å²) in [7, 11) is 0. The highest BCUT2D eigenvalue weighted by Gasteiger charge is 2.26. The number of carbonyl (C=O) groups excluding carboxylic acids is 1. The van der Waals surface area contributed by atoms with E-state index in [9.17, 15) is 4.79 Å². The van der Waals surface area contributed by atoms with Gasteiger partial charge in [0.15, 0.2) is 0 Å². The molecule has 1 fully saturated rings. The Labute approximate surface area is 224 Å². The minimum atomic E-state index is 0.0959. The van der Waals surface area contributed by atoms with Gasteiger partial charge in [-0.25, -0.2) is 0 Å². The number of halogens is 1. The number of hydrogen-bond acceptors (Lipinski definition) is 2. The van der Waals surface area contributed by atoms with Crippen LogP contribution in [0.15, 0.2) is 91.0 Å². The van der Waals surface area contributed by atoms with Gasteiger partial charge in [-0.3, -0.25) is 9.69 Å². The fourth-order valence-electron chi connectivity index (χ4n) is 4.96. The first-order valence-electron chi connectivity index (χ1n) is 12.8. The third-order valence-electron chi connectivity index (χ3n) is 7.01. The van der Waals surface area contributed by atoms with Crippen LogP contribution in [0.4, 0.5) is 0 Å². The summed E-state index contributed by atoms with van der Waals surface area (Å²) in [5.74, 6) is 0.0959. The molecule has 0 spiro atoms. The molecule has 1 aromatic heterocycles. The van der Waals surface area contributed by atoms with E-state index in [4.69, 9.17) is 11.6 Å². The molecule has 0 aliphatic carbocycles. The third-order valence-corrected chi connectivity index (χ3v) is 7.26. The second kappa shape index (κ2) is 11.2. The number of amides is 1. The highest BCUT2D eigenvalue weighted by molar-refractivity contribution is 6.30. The van der Waals surface area contributed by atoms with Gasteiger partial charge in [0, 0.05) is 49.1 Å². The summed E-state index contributed by atoms with van der Waals surface area (Å²) in [5, 5.41) is 0.696. The number of aryl methyl sites for hydroxylation is 1. The molecule has 0 unspecified atom stereocenters. The molecule has 1 aliphatic rings. The van der Waals surface area contributed by atoms with Crippen molar-refractivity contribution in [3.05, 3.63) is 118 Å². The lowest BCUT2D eigenvalue weighted by molar-refractivity contribution is 0.0649. The van der Waals surface area contributed by atoms with Crippen LogP contribution >= 0.6 is 11.6 Å². The van der Waals surface area contributed by atoms with E-state index >= 15 is 0 Å². The van der Waals surface area contributed by atoms with Crippen molar-refractivity contribution in [1.82, 2.24) is 14.4 Å². The van der Waals surface area contributed by atoms with E-state index in [1.165, 1.54) is 11.1 Å². The molecule has 0 radical (unpaired) electrons. The van der Waals surface area contributed by atoms with Crippen LogP contribution in [0.25, 0.3) is 23.0 Å². The lowest BCUT2D eigenvalue weighted by Gasteiger charge is -2.34. The summed E-state index contributed by atoms with van der Waals surface area (Å²) in [6.07, 6.45) is 4.37. The van der Waals surface area contributed by atoms with Gasteiger partial charge in [-0.05, 0) is 60.9 Å². The number of aromatic nitrogens is 1. The predicted molar refractivity (Wildman–Crippen MR) is 154 cm³/mol. The molecule has 37 heavy (non-hydrogen) atoms. The summed E-state index contributed by atoms with van der Waals surface area (Å²) in [6, 6.07) is 28.6. The average molecular weight is 510 g/mol. The molecule has 5 heteroatoms. The van der Waals surface area contributed by atoms with Crippen LogP contribution in [-0.2, 0) is 0 Å². The number of piperazine rings is 1. The topological polar surface area (TPSA) is 28.5 Å². The van der Waals surface area contributed by atoms with Gasteiger partial charge < -0.3 is 9.47 Å². The van der Waals surface area contributed by atoms with Crippen molar-refractivity contribution in [3.8, 4) is 16.9 Å². The first kappa shape index (κ1) is 25.1. The van der Waals surface area contributed by atoms with Crippen LogP contribution < -0.4 is 0 Å². The Balaban J connectivity index is 1.35. The van der Waals surface area contributed by atoms with Crippen LogP contribution in [0.1, 0.15) is 27.2 Å². The number of carbonyl (C=O) groups is 1. The van der Waals surface area contributed by atoms with Crippen molar-refractivity contribution in [2.24, 2.45) is 0 Å². The van der Waals surface area contributed by atoms with Crippen molar-refractivity contribution < 1.29 is 4.79 Å². The van der Waals surface area contributed by atoms with Gasteiger partial charge in [0.2, 0.25) is 0 Å². The van der Waals surface area contributed by atoms with E-state index in [2.05, 4.69) is 77.1 Å². The molecule has 4 aromatic rings. The molecule has 1 amide bonds. The summed E-state index contributed by atoms with van der Waals surface area (Å²) in [4.78, 5) is 18.1. The molecule has 2 heterocycles. The van der Waals surface area contributed by atoms with Crippen molar-refractivity contribution in [2.75, 3.05) is 32.7 Å². The number of hydrogen-bond donors (Lipinski definition) is 0. The Morgan fingerprint density at radius 2 is 1.59 bits per heavy atom. The molecule has 1 saturated heterocycles. The molecule has 0 N–H and O–H groups in total. The predicted octanol–water partition coefficient (Wildman–Crippen LogP) is 6.89. The lowest BCUT2D eigenvalue weighted by Crippen LogP contribution is -2.48. The number of nitrogens with zero attached hydrogens (tertiary/aromatic N) is 3. The summed E-state index contributed by atoms with van der Waals surface area (Å²) in [6.45, 7) is 8.21. The van der Waals surface area contributed by atoms with Crippen molar-refractivity contribution >= 4 is 23.6 Å². The fraction of sp³-hybridized carbons (Fsp3) is 0.219. The van der Waals surface area contributed by atoms with Crippen molar-refractivity contribution in [2.45, 2.75) is 13.8 Å². The molecular weight excluding hydrogens is 478 g/mol. The molecule has 4 nitrogen and oxygen atoms in total. The maximum absolute atomic E-state index is 13.7. The molecule has 1 aliphatic heterocycles. The Kier molecular flexibility index (Phi) is 7.59. The minimum absolute atomic E-state index is 0.0959. The summed E-state index contributed by atoms with van der Waals surface area (Å²) >= 11 is 6.16. The van der Waals surface area contributed by atoms with E-state index in [1.54, 1.807) is 0 Å². The smallest absolute Gasteiger partial charge is 0.255 e. The van der Waals surface area contributed by atoms with Crippen LogP contribution in [0, 0.1) is 13.8 Å². The molecule has 0 bridgehead atoms. The standard InChI is InChI=1S/C32H32ClN3O/c1-24-8-6-12-29(22-24)36-25(2)30(23-31(36)27-13-15-28(33)16-14-27)32(37)35-20-18-34(19-21-35)17-7-11-26-9-4-3-5-10-26/h3-16,22-23H,17-21H2,1-2H3/b11-7+. The average Bonchev–Trinajstić information content (AvgIpc) is 3.26. The molecule has 3 aromatic carbocycles. The third kappa shape index (κ3) is 5.71. The van der Waals surface area contributed by atoms with Gasteiger partial charge in [0.05, 0.1) is 11.3 Å². The van der Waals surface area contributed by atoms with E-state index in [0.29, 0.717) is 5.02 Å². The molecule has 0 saturated carbocycles. The Hall–Kier alpha value is -3.60. The van der Waals surface area contributed by atoms with E-state index in [1.807, 2.05) is 48.2 Å². The Morgan fingerprint density at radius 3 is 2.30 bits per heavy atom. The van der Waals surface area contributed by atoms with Gasteiger partial charge in [0.1, 0.15) is 0 Å². The van der Waals surface area contributed by atoms with E-state index < -0.39 is 0 Å². The van der Waals surface area contributed by atoms with Crippen molar-refractivity contribution in [3.63, 3.8) is 0 Å². The van der Waals surface area contributed by atoms with Crippen LogP contribution in [0.5, 0.6) is 0 Å². The number of benzene rings is 3. The zero-order valence-electron chi connectivity index (χ0n) is 21.4. The second-order valence-electron chi connectivity index (χ2n) is 9.62. The Bertz CT molecular complexity index is 1400. The van der Waals surface area contributed by atoms with Gasteiger partial charge >= 0.3 is 0 Å². The maximum atomic E-state index is 13.7. The molecule has 188 valence electrons. The highest BCUT2D eigenvalue weighted by atomic mass is 35.5. The van der Waals surface area contributed by atoms with E-state index in [0.717, 1.165) is 60.9 Å². The first-order valence-corrected chi connectivity index (χ1v) is 13.2. The monoisotopic (exact) mass is 509 g/mol. The first-order chi connectivity index (χ1) is 18.0. The van der Waals surface area contributed by atoms with Gasteiger partial charge in [-0.1, -0.05) is 78.4 Å². The Morgan fingerprint density at radius 1 is 0.865 bits per heavy atom. The van der Waals surface area contributed by atoms with Gasteiger partial charge in [-0.2, -0.15) is 0 Å². The highest BCUT2D eigenvalue weighted by Crippen LogP contribution is 2.31. The minimum Gasteiger partial charge on any atom is -0.336 e. The zero-order valence-corrected chi connectivity index (χ0v) is 22.2. The molecular formula is C32H32ClN3O. The summed E-state index contributed by atoms with van der Waals surface area (Å²) in [5.41, 5.74) is 7.17. The van der Waals surface area contributed by atoms with E-state index in [-0.39, 0.29) is 5.91 Å². The van der Waals surface area contributed by atoms with Crippen LogP contribution in [-0.4, -0.2) is 53.0 Å². The molecule has 0 atom stereocenters. The number of rotatable bonds is 6. The lowest BCUT2D eigenvalue weighted by atomic mass is 10.1.